The first-order valence-electron chi connectivity index (χ1n) is 10.0. The molecule has 2 aromatic carbocycles. The normalized spacial score (nSPS) is 10.4. The van der Waals surface area contributed by atoms with Crippen molar-refractivity contribution in [3.63, 3.8) is 0 Å². The molecule has 1 N–H and O–H groups in total. The van der Waals surface area contributed by atoms with Gasteiger partial charge in [0.1, 0.15) is 5.75 Å². The lowest BCUT2D eigenvalue weighted by Crippen LogP contribution is -2.35. The molecule has 0 fully saturated rings. The van der Waals surface area contributed by atoms with Crippen molar-refractivity contribution in [1.29, 1.82) is 0 Å². The highest BCUT2D eigenvalue weighted by molar-refractivity contribution is 5.96. The van der Waals surface area contributed by atoms with Gasteiger partial charge in [-0.2, -0.15) is 0 Å². The zero-order chi connectivity index (χ0) is 22.3. The van der Waals surface area contributed by atoms with Crippen LogP contribution in [0.15, 0.2) is 36.4 Å². The van der Waals surface area contributed by atoms with Crippen LogP contribution in [0.5, 0.6) is 5.75 Å². The van der Waals surface area contributed by atoms with E-state index in [9.17, 15) is 14.4 Å². The lowest BCUT2D eigenvalue weighted by Gasteiger charge is -2.18. The van der Waals surface area contributed by atoms with Crippen LogP contribution in [0.1, 0.15) is 46.8 Å². The second-order valence-electron chi connectivity index (χ2n) is 7.60. The van der Waals surface area contributed by atoms with Gasteiger partial charge in [0.2, 0.25) is 11.8 Å². The third kappa shape index (κ3) is 6.72. The van der Waals surface area contributed by atoms with E-state index in [4.69, 9.17) is 4.74 Å². The number of likely N-dealkylation sites (N-methyl/N-ethyl adjacent to an activating group) is 1. The van der Waals surface area contributed by atoms with Gasteiger partial charge in [-0.15, -0.1) is 0 Å². The molecule has 0 heterocycles. The maximum atomic E-state index is 12.4. The molecule has 0 aliphatic rings. The van der Waals surface area contributed by atoms with Gasteiger partial charge in [-0.05, 0) is 69.5 Å². The number of ether oxygens (including phenoxy) is 1. The molecule has 0 aromatic heterocycles. The van der Waals surface area contributed by atoms with Crippen LogP contribution in [-0.4, -0.2) is 42.7 Å². The minimum Gasteiger partial charge on any atom is -0.494 e. The molecule has 0 saturated carbocycles. The largest absolute Gasteiger partial charge is 0.494 e. The van der Waals surface area contributed by atoms with Crippen LogP contribution in [0.25, 0.3) is 0 Å². The molecule has 6 nitrogen and oxygen atoms in total. The number of carbonyl (C=O) groups is 3. The van der Waals surface area contributed by atoms with E-state index in [1.54, 1.807) is 31.3 Å². The molecule has 160 valence electrons. The van der Waals surface area contributed by atoms with Crippen molar-refractivity contribution >= 4 is 23.3 Å². The third-order valence-electron chi connectivity index (χ3n) is 4.81. The van der Waals surface area contributed by atoms with Crippen molar-refractivity contribution in [2.45, 2.75) is 40.5 Å². The van der Waals surface area contributed by atoms with Gasteiger partial charge < -0.3 is 15.0 Å². The summed E-state index contributed by atoms with van der Waals surface area (Å²) in [6.45, 7) is 7.83. The number of Topliss-reactive ketones (excluding diaryl/α,β-unsaturated/α-hetero) is 1. The molecular formula is C24H30N2O4. The number of rotatable bonds is 9. The van der Waals surface area contributed by atoms with Crippen LogP contribution < -0.4 is 10.1 Å². The van der Waals surface area contributed by atoms with Crippen molar-refractivity contribution in [3.05, 3.63) is 58.7 Å². The fourth-order valence-corrected chi connectivity index (χ4v) is 3.25. The number of nitrogens with one attached hydrogen (secondary N) is 1. The van der Waals surface area contributed by atoms with Gasteiger partial charge in [-0.1, -0.05) is 17.7 Å². The molecule has 0 atom stereocenters. The van der Waals surface area contributed by atoms with E-state index in [0.717, 1.165) is 22.4 Å². The summed E-state index contributed by atoms with van der Waals surface area (Å²) < 4.78 is 5.61. The van der Waals surface area contributed by atoms with Crippen molar-refractivity contribution < 1.29 is 19.1 Å². The highest BCUT2D eigenvalue weighted by Crippen LogP contribution is 2.21. The lowest BCUT2D eigenvalue weighted by atomic mass is 10.1. The van der Waals surface area contributed by atoms with Crippen molar-refractivity contribution in [2.24, 2.45) is 0 Å². The minimum absolute atomic E-state index is 0.00104. The predicted molar refractivity (Wildman–Crippen MR) is 118 cm³/mol. The fourth-order valence-electron chi connectivity index (χ4n) is 3.25. The summed E-state index contributed by atoms with van der Waals surface area (Å²) in [6.07, 6.45) is 0.827. The Labute approximate surface area is 178 Å². The number of ketones is 1. The van der Waals surface area contributed by atoms with E-state index >= 15 is 0 Å². The van der Waals surface area contributed by atoms with Gasteiger partial charge in [0.25, 0.3) is 0 Å². The Bertz CT molecular complexity index is 896. The molecule has 2 aromatic rings. The summed E-state index contributed by atoms with van der Waals surface area (Å²) in [4.78, 5) is 37.3. The number of amides is 2. The number of hydrogen-bond donors (Lipinski definition) is 1. The van der Waals surface area contributed by atoms with Gasteiger partial charge >= 0.3 is 0 Å². The first-order valence-corrected chi connectivity index (χ1v) is 10.0. The topological polar surface area (TPSA) is 75.7 Å². The second-order valence-corrected chi connectivity index (χ2v) is 7.60. The van der Waals surface area contributed by atoms with E-state index in [2.05, 4.69) is 5.32 Å². The number of benzene rings is 2. The number of nitrogens with zero attached hydrogens (tertiary/aromatic N) is 1. The molecule has 0 saturated heterocycles. The average molecular weight is 411 g/mol. The zero-order valence-corrected chi connectivity index (χ0v) is 18.4. The summed E-state index contributed by atoms with van der Waals surface area (Å²) in [6, 6.07) is 10.9. The molecule has 0 spiro atoms. The highest BCUT2D eigenvalue weighted by atomic mass is 16.5. The Balaban J connectivity index is 1.75. The van der Waals surface area contributed by atoms with Gasteiger partial charge in [0.15, 0.2) is 5.78 Å². The van der Waals surface area contributed by atoms with Gasteiger partial charge in [0, 0.05) is 24.7 Å². The molecule has 0 unspecified atom stereocenters. The van der Waals surface area contributed by atoms with E-state index in [1.165, 1.54) is 11.8 Å². The molecule has 6 heteroatoms. The Kier molecular flexibility index (Phi) is 8.16. The average Bonchev–Trinajstić information content (AvgIpc) is 2.68. The molecule has 0 radical (unpaired) electrons. The predicted octanol–water partition coefficient (Wildman–Crippen LogP) is 4.07. The van der Waals surface area contributed by atoms with E-state index in [1.807, 2.05) is 32.9 Å². The third-order valence-corrected chi connectivity index (χ3v) is 4.81. The van der Waals surface area contributed by atoms with Crippen molar-refractivity contribution in [1.82, 2.24) is 4.90 Å². The van der Waals surface area contributed by atoms with Crippen molar-refractivity contribution in [3.8, 4) is 5.75 Å². The Morgan fingerprint density at radius 2 is 1.60 bits per heavy atom. The Morgan fingerprint density at radius 3 is 2.17 bits per heavy atom. The lowest BCUT2D eigenvalue weighted by molar-refractivity contribution is -0.133. The van der Waals surface area contributed by atoms with Crippen LogP contribution in [0, 0.1) is 20.8 Å². The van der Waals surface area contributed by atoms with Crippen LogP contribution in [0.3, 0.4) is 0 Å². The Hall–Kier alpha value is -3.15. The molecule has 30 heavy (non-hydrogen) atoms. The molecule has 2 amide bonds. The smallest absolute Gasteiger partial charge is 0.243 e. The summed E-state index contributed by atoms with van der Waals surface area (Å²) in [7, 11) is 1.62. The molecular weight excluding hydrogens is 380 g/mol. The first-order chi connectivity index (χ1) is 14.2. The van der Waals surface area contributed by atoms with E-state index in [0.29, 0.717) is 24.3 Å². The summed E-state index contributed by atoms with van der Waals surface area (Å²) in [5.74, 6) is 0.330. The molecule has 0 aliphatic carbocycles. The van der Waals surface area contributed by atoms with Crippen LogP contribution >= 0.6 is 0 Å². The van der Waals surface area contributed by atoms with E-state index < -0.39 is 0 Å². The number of carbonyl (C=O) groups excluding carboxylic acids is 3. The first kappa shape index (κ1) is 23.1. The summed E-state index contributed by atoms with van der Waals surface area (Å²) >= 11 is 0. The standard InChI is InChI=1S/C24H30N2O4/c1-16-13-17(2)24(18(3)14-16)25-22(28)15-26(5)23(29)7-6-12-30-21-10-8-20(9-11-21)19(4)27/h8-11,13-14H,6-7,12,15H2,1-5H3,(H,25,28). The number of anilines is 1. The van der Waals surface area contributed by atoms with Gasteiger partial charge in [0.05, 0.1) is 13.2 Å². The maximum Gasteiger partial charge on any atom is 0.243 e. The number of hydrogen-bond acceptors (Lipinski definition) is 4. The zero-order valence-electron chi connectivity index (χ0n) is 18.4. The van der Waals surface area contributed by atoms with Crippen LogP contribution in [0.4, 0.5) is 5.69 Å². The molecule has 2 rings (SSSR count). The van der Waals surface area contributed by atoms with Crippen LogP contribution in [0.2, 0.25) is 0 Å². The summed E-state index contributed by atoms with van der Waals surface area (Å²) in [5, 5.41) is 2.91. The maximum absolute atomic E-state index is 12.4. The monoisotopic (exact) mass is 410 g/mol. The van der Waals surface area contributed by atoms with Crippen molar-refractivity contribution in [2.75, 3.05) is 25.5 Å². The minimum atomic E-state index is -0.220. The van der Waals surface area contributed by atoms with E-state index in [-0.39, 0.29) is 30.6 Å². The SMILES string of the molecule is CC(=O)c1ccc(OCCCC(=O)N(C)CC(=O)Nc2c(C)cc(C)cc2C)cc1. The number of aryl methyl sites for hydroxylation is 3. The fraction of sp³-hybridized carbons (Fsp3) is 0.375. The molecule has 0 bridgehead atoms. The Morgan fingerprint density at radius 1 is 1.00 bits per heavy atom. The summed E-state index contributed by atoms with van der Waals surface area (Å²) in [5.41, 5.74) is 4.59. The quantitative estimate of drug-likeness (QED) is 0.499. The molecule has 0 aliphatic heterocycles. The van der Waals surface area contributed by atoms with Gasteiger partial charge in [-0.25, -0.2) is 0 Å². The van der Waals surface area contributed by atoms with Crippen LogP contribution in [-0.2, 0) is 9.59 Å². The van der Waals surface area contributed by atoms with Gasteiger partial charge in [-0.3, -0.25) is 14.4 Å². The highest BCUT2D eigenvalue weighted by Gasteiger charge is 2.14. The second kappa shape index (κ2) is 10.6.